The molecule has 1 N–H and O–H groups in total. The molecule has 0 bridgehead atoms. The van der Waals surface area contributed by atoms with Gasteiger partial charge < -0.3 is 15.0 Å². The molecule has 0 radical (unpaired) electrons. The van der Waals surface area contributed by atoms with Gasteiger partial charge in [-0.3, -0.25) is 4.79 Å². The van der Waals surface area contributed by atoms with Crippen molar-refractivity contribution in [1.82, 2.24) is 14.5 Å². The van der Waals surface area contributed by atoms with Gasteiger partial charge in [0.1, 0.15) is 5.60 Å². The highest BCUT2D eigenvalue weighted by Crippen LogP contribution is 2.17. The van der Waals surface area contributed by atoms with Crippen molar-refractivity contribution in [2.75, 3.05) is 26.2 Å². The second kappa shape index (κ2) is 11.0. The Kier molecular flexibility index (Phi) is 8.86. The van der Waals surface area contributed by atoms with E-state index in [2.05, 4.69) is 5.32 Å². The van der Waals surface area contributed by atoms with E-state index >= 15 is 0 Å². The monoisotopic (exact) mass is 465 g/mol. The molecule has 0 atom stereocenters. The number of ether oxygens (including phenoxy) is 1. The summed E-state index contributed by atoms with van der Waals surface area (Å²) < 4.78 is 31.9. The molecular weight excluding hydrogens is 430 g/mol. The van der Waals surface area contributed by atoms with E-state index in [0.717, 1.165) is 5.56 Å². The molecule has 8 nitrogen and oxygen atoms in total. The van der Waals surface area contributed by atoms with Gasteiger partial charge in [-0.15, -0.1) is 0 Å². The number of nitrogens with one attached hydrogen (secondary N) is 1. The highest BCUT2D eigenvalue weighted by atomic mass is 32.2. The Labute approximate surface area is 191 Å². The van der Waals surface area contributed by atoms with Crippen LogP contribution in [0.25, 0.3) is 6.08 Å². The van der Waals surface area contributed by atoms with Crippen molar-refractivity contribution in [2.45, 2.75) is 64.0 Å². The molecule has 1 heterocycles. The number of carbonyl (C=O) groups excluding carboxylic acids is 2. The zero-order valence-electron chi connectivity index (χ0n) is 19.6. The summed E-state index contributed by atoms with van der Waals surface area (Å²) in [6.07, 6.45) is 4.09. The molecule has 1 aliphatic heterocycles. The predicted octanol–water partition coefficient (Wildman–Crippen LogP) is 3.25. The van der Waals surface area contributed by atoms with Gasteiger partial charge in [0.05, 0.1) is 4.90 Å². The third kappa shape index (κ3) is 7.34. The molecule has 0 saturated carbocycles. The first-order valence-electron chi connectivity index (χ1n) is 11.0. The summed E-state index contributed by atoms with van der Waals surface area (Å²) in [5.41, 5.74) is 0.208. The largest absolute Gasteiger partial charge is 0.444 e. The summed E-state index contributed by atoms with van der Waals surface area (Å²) in [6, 6.07) is 6.46. The molecule has 32 heavy (non-hydrogen) atoms. The molecule has 2 rings (SSSR count). The van der Waals surface area contributed by atoms with E-state index in [0.29, 0.717) is 39.0 Å². The Morgan fingerprint density at radius 1 is 1.12 bits per heavy atom. The average molecular weight is 466 g/mol. The molecule has 0 aromatic heterocycles. The fourth-order valence-corrected chi connectivity index (χ4v) is 4.88. The quantitative estimate of drug-likeness (QED) is 0.624. The molecule has 1 saturated heterocycles. The van der Waals surface area contributed by atoms with Gasteiger partial charge >= 0.3 is 6.09 Å². The van der Waals surface area contributed by atoms with Gasteiger partial charge in [0.25, 0.3) is 0 Å². The summed E-state index contributed by atoms with van der Waals surface area (Å²) in [7, 11) is -3.50. The summed E-state index contributed by atoms with van der Waals surface area (Å²) in [5, 5.41) is 2.96. The number of rotatable bonds is 7. The first kappa shape index (κ1) is 25.9. The van der Waals surface area contributed by atoms with Crippen LogP contribution >= 0.6 is 0 Å². The number of sulfonamides is 1. The molecule has 1 aliphatic rings. The number of hydrogen-bond acceptors (Lipinski definition) is 5. The van der Waals surface area contributed by atoms with Crippen LogP contribution in [0.2, 0.25) is 0 Å². The number of amides is 2. The van der Waals surface area contributed by atoms with Crippen molar-refractivity contribution in [3.8, 4) is 0 Å². The molecule has 0 spiro atoms. The van der Waals surface area contributed by atoms with Gasteiger partial charge in [0.15, 0.2) is 0 Å². The summed E-state index contributed by atoms with van der Waals surface area (Å²) in [5.74, 6) is -0.222. The Morgan fingerprint density at radius 3 is 2.19 bits per heavy atom. The third-order valence-corrected chi connectivity index (χ3v) is 7.21. The minimum absolute atomic E-state index is 0.00701. The fraction of sp³-hybridized carbons (Fsp3) is 0.565. The van der Waals surface area contributed by atoms with Crippen LogP contribution < -0.4 is 5.32 Å². The molecule has 2 amide bonds. The topological polar surface area (TPSA) is 96.0 Å². The predicted molar refractivity (Wildman–Crippen MR) is 125 cm³/mol. The summed E-state index contributed by atoms with van der Waals surface area (Å²) >= 11 is 0. The van der Waals surface area contributed by atoms with Crippen molar-refractivity contribution >= 4 is 28.1 Å². The lowest BCUT2D eigenvalue weighted by Gasteiger charge is -2.33. The van der Waals surface area contributed by atoms with Gasteiger partial charge in [-0.1, -0.05) is 26.0 Å². The zero-order chi connectivity index (χ0) is 23.9. The number of nitrogens with zero attached hydrogens (tertiary/aromatic N) is 2. The molecule has 1 aromatic rings. The van der Waals surface area contributed by atoms with Gasteiger partial charge in [-0.2, -0.15) is 4.31 Å². The van der Waals surface area contributed by atoms with Gasteiger partial charge in [0, 0.05) is 38.3 Å². The number of benzene rings is 1. The van der Waals surface area contributed by atoms with Crippen LogP contribution in [0.1, 0.15) is 53.0 Å². The van der Waals surface area contributed by atoms with Crippen molar-refractivity contribution in [1.29, 1.82) is 0 Å². The molecule has 1 aromatic carbocycles. The van der Waals surface area contributed by atoms with E-state index in [-0.39, 0.29) is 22.9 Å². The first-order chi connectivity index (χ1) is 15.0. The van der Waals surface area contributed by atoms with Crippen molar-refractivity contribution in [2.24, 2.45) is 0 Å². The van der Waals surface area contributed by atoms with E-state index in [4.69, 9.17) is 4.74 Å². The second-order valence-electron chi connectivity index (χ2n) is 8.74. The Morgan fingerprint density at radius 2 is 1.69 bits per heavy atom. The minimum atomic E-state index is -3.50. The van der Waals surface area contributed by atoms with Crippen LogP contribution in [0.3, 0.4) is 0 Å². The van der Waals surface area contributed by atoms with Gasteiger partial charge in [-0.25, -0.2) is 13.2 Å². The maximum atomic E-state index is 12.5. The van der Waals surface area contributed by atoms with Crippen LogP contribution in [0.4, 0.5) is 4.79 Å². The van der Waals surface area contributed by atoms with E-state index in [1.54, 1.807) is 49.1 Å². The second-order valence-corrected chi connectivity index (χ2v) is 10.7. The summed E-state index contributed by atoms with van der Waals surface area (Å²) in [6.45, 7) is 11.0. The van der Waals surface area contributed by atoms with E-state index in [1.165, 1.54) is 10.4 Å². The molecule has 1 fully saturated rings. The van der Waals surface area contributed by atoms with Crippen LogP contribution in [0.5, 0.6) is 0 Å². The van der Waals surface area contributed by atoms with E-state index in [1.807, 2.05) is 20.8 Å². The SMILES string of the molecule is CCN(CC)S(=O)(=O)c1ccc(/C=C/C(=O)NC2CCN(C(=O)OC(C)(C)C)CC2)cc1. The maximum absolute atomic E-state index is 12.5. The van der Waals surface area contributed by atoms with Crippen LogP contribution in [0, 0.1) is 0 Å². The first-order valence-corrected chi connectivity index (χ1v) is 12.5. The lowest BCUT2D eigenvalue weighted by Crippen LogP contribution is -2.47. The van der Waals surface area contributed by atoms with Crippen molar-refractivity contribution in [3.63, 3.8) is 0 Å². The third-order valence-electron chi connectivity index (χ3n) is 5.14. The Balaban J connectivity index is 1.86. The average Bonchev–Trinajstić information content (AvgIpc) is 2.72. The van der Waals surface area contributed by atoms with Crippen LogP contribution in [-0.2, 0) is 19.6 Å². The number of likely N-dealkylation sites (tertiary alicyclic amines) is 1. The van der Waals surface area contributed by atoms with Crippen LogP contribution in [0.15, 0.2) is 35.2 Å². The zero-order valence-corrected chi connectivity index (χ0v) is 20.4. The minimum Gasteiger partial charge on any atom is -0.444 e. The fourth-order valence-electron chi connectivity index (χ4n) is 3.42. The lowest BCUT2D eigenvalue weighted by atomic mass is 10.1. The van der Waals surface area contributed by atoms with Crippen molar-refractivity contribution < 1.29 is 22.7 Å². The van der Waals surface area contributed by atoms with Crippen LogP contribution in [-0.4, -0.2) is 67.4 Å². The molecule has 178 valence electrons. The maximum Gasteiger partial charge on any atom is 0.410 e. The van der Waals surface area contributed by atoms with E-state index in [9.17, 15) is 18.0 Å². The van der Waals surface area contributed by atoms with Crippen molar-refractivity contribution in [3.05, 3.63) is 35.9 Å². The van der Waals surface area contributed by atoms with E-state index < -0.39 is 15.6 Å². The number of hydrogen-bond donors (Lipinski definition) is 1. The molecule has 9 heteroatoms. The van der Waals surface area contributed by atoms with Gasteiger partial charge in [0.2, 0.25) is 15.9 Å². The summed E-state index contributed by atoms with van der Waals surface area (Å²) in [4.78, 5) is 26.3. The highest BCUT2D eigenvalue weighted by Gasteiger charge is 2.27. The number of carbonyl (C=O) groups is 2. The molecule has 0 unspecified atom stereocenters. The Bertz CT molecular complexity index is 908. The highest BCUT2D eigenvalue weighted by molar-refractivity contribution is 7.89. The lowest BCUT2D eigenvalue weighted by molar-refractivity contribution is -0.117. The number of piperidine rings is 1. The smallest absolute Gasteiger partial charge is 0.410 e. The molecular formula is C23H35N3O5S. The standard InChI is InChI=1S/C23H35N3O5S/c1-6-26(7-2)32(29,30)20-11-8-18(9-12-20)10-13-21(27)24-19-14-16-25(17-15-19)22(28)31-23(3,4)5/h8-13,19H,6-7,14-17H2,1-5H3,(H,24,27)/b13-10+. The van der Waals surface area contributed by atoms with Gasteiger partial charge in [-0.05, 0) is 57.4 Å². The normalized spacial score (nSPS) is 15.9. The Hall–Kier alpha value is -2.39. The molecule has 0 aliphatic carbocycles.